The lowest BCUT2D eigenvalue weighted by Crippen LogP contribution is -2.16. The largest absolute Gasteiger partial charge is 0.481 e. The lowest BCUT2D eigenvalue weighted by atomic mass is 10.1. The smallest absolute Gasteiger partial charge is 0.350 e. The average Bonchev–Trinajstić information content (AvgIpc) is 2.48. The molecule has 0 aromatic rings. The van der Waals surface area contributed by atoms with E-state index in [1.807, 2.05) is 0 Å². The van der Waals surface area contributed by atoms with Crippen LogP contribution in [0.25, 0.3) is 0 Å². The molecule has 0 rings (SSSR count). The van der Waals surface area contributed by atoms with Gasteiger partial charge in [-0.15, -0.1) is 0 Å². The first kappa shape index (κ1) is 25.4. The van der Waals surface area contributed by atoms with Gasteiger partial charge in [0, 0.05) is 39.1 Å². The van der Waals surface area contributed by atoms with E-state index >= 15 is 0 Å². The monoisotopic (exact) mass is 325 g/mol. The molecule has 1 unspecified atom stereocenters. The van der Waals surface area contributed by atoms with Gasteiger partial charge in [-0.1, -0.05) is 6.92 Å². The molecular weight excluding hydrogens is 298 g/mol. The molecule has 0 saturated carbocycles. The molecule has 0 bridgehead atoms. The van der Waals surface area contributed by atoms with Crippen LogP contribution in [0, 0.1) is 11.3 Å². The Morgan fingerprint density at radius 2 is 1.68 bits per heavy atom. The Morgan fingerprint density at radius 1 is 1.23 bits per heavy atom. The van der Waals surface area contributed by atoms with E-state index in [2.05, 4.69) is 4.74 Å². The van der Waals surface area contributed by atoms with Gasteiger partial charge in [0.2, 0.25) is 6.29 Å². The summed E-state index contributed by atoms with van der Waals surface area (Å²) in [5.41, 5.74) is 0. The fourth-order valence-corrected chi connectivity index (χ4v) is 0.872. The zero-order chi connectivity index (χ0) is 18.0. The zero-order valence-electron chi connectivity index (χ0n) is 12.9. The fourth-order valence-electron chi connectivity index (χ4n) is 0.872. The molecule has 0 aliphatic rings. The predicted octanol–water partition coefficient (Wildman–Crippen LogP) is -0.642. The van der Waals surface area contributed by atoms with Crippen LogP contribution in [-0.2, 0) is 14.3 Å². The molecule has 0 amide bonds. The van der Waals surface area contributed by atoms with Crippen molar-refractivity contribution < 1.29 is 39.9 Å². The maximum Gasteiger partial charge on any atom is 0.350 e. The minimum atomic E-state index is -1.07. The number of rotatable bonds is 8. The molecule has 0 saturated heterocycles. The van der Waals surface area contributed by atoms with Crippen LogP contribution >= 0.6 is 0 Å². The third-order valence-electron chi connectivity index (χ3n) is 2.01. The number of carbonyl (C=O) groups is 2. The number of aliphatic carboxylic acids is 1. The van der Waals surface area contributed by atoms with Gasteiger partial charge in [-0.25, -0.2) is 4.79 Å². The van der Waals surface area contributed by atoms with E-state index in [1.54, 1.807) is 6.92 Å². The number of ether oxygens (including phenoxy) is 1. The quantitative estimate of drug-likeness (QED) is 0.194. The lowest BCUT2D eigenvalue weighted by Gasteiger charge is -2.07. The number of carboxylic acids is 1. The first-order chi connectivity index (χ1) is 10.3. The number of hydrogen-bond donors (Lipinski definition) is 6. The predicted molar refractivity (Wildman–Crippen MR) is 78.5 cm³/mol. The van der Waals surface area contributed by atoms with E-state index in [9.17, 15) is 4.79 Å². The highest BCUT2D eigenvalue weighted by atomic mass is 16.6. The number of carbonyl (C=O) groups excluding carboxylic acids is 1. The van der Waals surface area contributed by atoms with Crippen LogP contribution in [0.5, 0.6) is 0 Å². The van der Waals surface area contributed by atoms with Crippen molar-refractivity contribution in [3.63, 3.8) is 0 Å². The van der Waals surface area contributed by atoms with E-state index in [1.165, 1.54) is 0 Å². The summed E-state index contributed by atoms with van der Waals surface area (Å²) in [5.74, 6) is -1.69. The van der Waals surface area contributed by atoms with E-state index in [4.69, 9.17) is 35.7 Å². The lowest BCUT2D eigenvalue weighted by molar-refractivity contribution is -0.158. The molecule has 0 aliphatic carbocycles. The molecule has 132 valence electrons. The van der Waals surface area contributed by atoms with Gasteiger partial charge in [0.05, 0.1) is 0 Å². The second kappa shape index (κ2) is 19.4. The summed E-state index contributed by atoms with van der Waals surface area (Å²) >= 11 is 0. The molecule has 9 nitrogen and oxygen atoms in total. The summed E-state index contributed by atoms with van der Waals surface area (Å²) in [6.45, 7) is 2.91. The van der Waals surface area contributed by atoms with Crippen molar-refractivity contribution in [2.24, 2.45) is 5.92 Å². The average molecular weight is 325 g/mol. The SMILES string of the molecule is CC(=O)O.CCC(O)OC(=O)C=N.OCCCC(CO)CO. The van der Waals surface area contributed by atoms with Gasteiger partial charge in [-0.2, -0.15) is 0 Å². The van der Waals surface area contributed by atoms with Gasteiger partial charge in [0.1, 0.15) is 6.21 Å². The first-order valence-corrected chi connectivity index (χ1v) is 6.70. The number of aliphatic hydroxyl groups excluding tert-OH is 4. The van der Waals surface area contributed by atoms with Gasteiger partial charge in [0.15, 0.2) is 0 Å². The van der Waals surface area contributed by atoms with Crippen LogP contribution in [0.1, 0.15) is 33.1 Å². The van der Waals surface area contributed by atoms with Crippen molar-refractivity contribution in [3.05, 3.63) is 0 Å². The third kappa shape index (κ3) is 26.9. The van der Waals surface area contributed by atoms with E-state index < -0.39 is 18.2 Å². The molecule has 0 aliphatic heterocycles. The second-order valence-corrected chi connectivity index (χ2v) is 4.06. The highest BCUT2D eigenvalue weighted by molar-refractivity contribution is 6.21. The Morgan fingerprint density at radius 3 is 1.95 bits per heavy atom. The van der Waals surface area contributed by atoms with Crippen LogP contribution in [0.2, 0.25) is 0 Å². The van der Waals surface area contributed by atoms with Crippen molar-refractivity contribution in [2.75, 3.05) is 19.8 Å². The summed E-state index contributed by atoms with van der Waals surface area (Å²) < 4.78 is 4.22. The molecule has 1 atom stereocenters. The fraction of sp³-hybridized carbons (Fsp3) is 0.769. The number of hydrogen-bond acceptors (Lipinski definition) is 8. The van der Waals surface area contributed by atoms with Crippen molar-refractivity contribution in [2.45, 2.75) is 39.4 Å². The second-order valence-electron chi connectivity index (χ2n) is 4.06. The third-order valence-corrected chi connectivity index (χ3v) is 2.01. The van der Waals surface area contributed by atoms with Crippen LogP contribution in [-0.4, -0.2) is 69.8 Å². The Kier molecular flexibility index (Phi) is 22.5. The van der Waals surface area contributed by atoms with Gasteiger partial charge in [-0.3, -0.25) is 4.79 Å². The minimum Gasteiger partial charge on any atom is -0.481 e. The van der Waals surface area contributed by atoms with Crippen molar-refractivity contribution in [1.82, 2.24) is 0 Å². The van der Waals surface area contributed by atoms with Crippen LogP contribution in [0.15, 0.2) is 0 Å². The van der Waals surface area contributed by atoms with Crippen LogP contribution < -0.4 is 0 Å². The van der Waals surface area contributed by atoms with Crippen molar-refractivity contribution in [1.29, 1.82) is 5.41 Å². The summed E-state index contributed by atoms with van der Waals surface area (Å²) in [7, 11) is 0. The van der Waals surface area contributed by atoms with E-state index in [0.29, 0.717) is 25.5 Å². The van der Waals surface area contributed by atoms with Gasteiger partial charge in [-0.05, 0) is 12.8 Å². The Hall–Kier alpha value is -1.55. The number of aliphatic hydroxyl groups is 4. The number of carboxylic acid groups (broad SMARTS) is 1. The summed E-state index contributed by atoms with van der Waals surface area (Å²) in [6.07, 6.45) is 1.15. The van der Waals surface area contributed by atoms with Crippen LogP contribution in [0.3, 0.4) is 0 Å². The van der Waals surface area contributed by atoms with Crippen LogP contribution in [0.4, 0.5) is 0 Å². The van der Waals surface area contributed by atoms with Crippen molar-refractivity contribution >= 4 is 18.2 Å². The first-order valence-electron chi connectivity index (χ1n) is 6.70. The maximum absolute atomic E-state index is 10.2. The van der Waals surface area contributed by atoms with Gasteiger partial charge in [0.25, 0.3) is 5.97 Å². The maximum atomic E-state index is 10.2. The Labute approximate surface area is 129 Å². The molecule has 22 heavy (non-hydrogen) atoms. The molecule has 0 heterocycles. The molecule has 0 aromatic heterocycles. The summed E-state index contributed by atoms with van der Waals surface area (Å²) in [5, 5.41) is 47.8. The number of esters is 1. The van der Waals surface area contributed by atoms with E-state index in [0.717, 1.165) is 6.92 Å². The molecule has 0 fully saturated rings. The highest BCUT2D eigenvalue weighted by Gasteiger charge is 2.04. The molecular formula is C13H27NO8. The molecule has 0 radical (unpaired) electrons. The zero-order valence-corrected chi connectivity index (χ0v) is 12.9. The van der Waals surface area contributed by atoms with Crippen molar-refractivity contribution in [3.8, 4) is 0 Å². The minimum absolute atomic E-state index is 0.0104. The number of nitrogens with one attached hydrogen (secondary N) is 1. The summed E-state index contributed by atoms with van der Waals surface area (Å²) in [4.78, 5) is 19.2. The van der Waals surface area contributed by atoms with E-state index in [-0.39, 0.29) is 25.7 Å². The molecule has 0 aromatic carbocycles. The molecule has 9 heteroatoms. The van der Waals surface area contributed by atoms with Gasteiger partial charge >= 0.3 is 5.97 Å². The van der Waals surface area contributed by atoms with Gasteiger partial charge < -0.3 is 35.7 Å². The Balaban J connectivity index is -0.000000266. The topological polar surface area (TPSA) is 168 Å². The normalized spacial score (nSPS) is 10.5. The standard InChI is InChI=1S/C6H14O3.C5H9NO3.C2H4O2/c7-3-1-2-6(4-8)5-9;1-2-4(7)9-5(8)3-6;1-2(3)4/h6-9H,1-5H2;3-4,6-7H,2H2,1H3;1H3,(H,3,4). The highest BCUT2D eigenvalue weighted by Crippen LogP contribution is 2.02. The summed E-state index contributed by atoms with van der Waals surface area (Å²) in [6, 6.07) is 0. The molecule has 6 N–H and O–H groups in total. The molecule has 0 spiro atoms. The Bertz CT molecular complexity index is 277.